The number of hydrogen-bond donors (Lipinski definition) is 0. The van der Waals surface area contributed by atoms with E-state index in [-0.39, 0.29) is 65.3 Å². The minimum atomic E-state index is -2.24. The smallest absolute Gasteiger partial charge is 0.131 e. The molecule has 0 N–H and O–H groups in total. The Kier molecular flexibility index (Phi) is 12.2. The Labute approximate surface area is 392 Å². The molecular weight excluding hydrogens is 823 g/mol. The van der Waals surface area contributed by atoms with E-state index < -0.39 is 10.0 Å². The fourth-order valence-electron chi connectivity index (χ4n) is 8.10. The number of thiophene rings is 1. The number of anilines is 3. The molecule has 14 heteroatoms. The third-order valence-corrected chi connectivity index (χ3v) is 17.0. The maximum atomic E-state index is 7.49. The monoisotopic (exact) mass is 853 g/mol. The van der Waals surface area contributed by atoms with Gasteiger partial charge in [0.25, 0.3) is 0 Å². The topological polar surface area (TPSA) is 3.24 Å². The molecule has 1 heterocycles. The lowest BCUT2D eigenvalue weighted by Crippen LogP contribution is -2.56. The molecule has 0 saturated heterocycles. The van der Waals surface area contributed by atoms with E-state index in [4.69, 9.17) is 93.8 Å². The van der Waals surface area contributed by atoms with Gasteiger partial charge in [0.2, 0.25) is 0 Å². The van der Waals surface area contributed by atoms with Crippen LogP contribution in [0.2, 0.25) is 10.0 Å². The number of rotatable bonds is 8. The van der Waals surface area contributed by atoms with Gasteiger partial charge in [0, 0.05) is 35.4 Å². The Morgan fingerprint density at radius 1 is 0.500 bits per heavy atom. The first-order valence-electron chi connectivity index (χ1n) is 19.6. The van der Waals surface area contributed by atoms with Gasteiger partial charge in [-0.1, -0.05) is 138 Å². The summed E-state index contributed by atoms with van der Waals surface area (Å²) in [6.45, 7) is 6.48. The number of nitrogens with zero attached hydrogens (tertiary/aromatic N) is 1. The highest BCUT2D eigenvalue weighted by Gasteiger charge is 2.36. The molecule has 0 atom stereocenters. The third kappa shape index (κ3) is 7.28. The summed E-state index contributed by atoms with van der Waals surface area (Å²) >= 11 is 16.1. The van der Waals surface area contributed by atoms with E-state index in [1.54, 1.807) is 0 Å². The van der Waals surface area contributed by atoms with Crippen LogP contribution in [0.1, 0.15) is 26.3 Å². The van der Waals surface area contributed by atoms with E-state index in [0.29, 0.717) is 31.3 Å². The maximum absolute atomic E-state index is 7.49. The minimum absolute atomic E-state index is 0.0364. The lowest BCUT2D eigenvalue weighted by molar-refractivity contribution is 0.590. The first-order valence-corrected chi connectivity index (χ1v) is 22.8. The van der Waals surface area contributed by atoms with Gasteiger partial charge in [0.05, 0.1) is 21.4 Å². The van der Waals surface area contributed by atoms with Gasteiger partial charge < -0.3 is 4.90 Å². The highest BCUT2D eigenvalue weighted by molar-refractivity contribution is 8.34. The second-order valence-corrected chi connectivity index (χ2v) is 20.9. The summed E-state index contributed by atoms with van der Waals surface area (Å²) in [5.41, 5.74) is 3.91. The van der Waals surface area contributed by atoms with Crippen LogP contribution in [0, 0.1) is 0 Å². The number of halogens is 2. The van der Waals surface area contributed by atoms with Crippen LogP contribution >= 0.6 is 44.6 Å². The van der Waals surface area contributed by atoms with Crippen LogP contribution in [-0.2, 0) is 5.41 Å². The van der Waals surface area contributed by atoms with Crippen LogP contribution in [0.15, 0.2) is 147 Å². The second kappa shape index (κ2) is 17.1. The van der Waals surface area contributed by atoms with Gasteiger partial charge in [0.1, 0.15) is 70.6 Å². The van der Waals surface area contributed by atoms with E-state index in [0.717, 1.165) is 30.8 Å². The first-order chi connectivity index (χ1) is 29.5. The molecule has 1 aromatic heterocycles. The molecule has 280 valence electrons. The van der Waals surface area contributed by atoms with Crippen molar-refractivity contribution in [2.45, 2.75) is 45.8 Å². The van der Waals surface area contributed by atoms with Crippen molar-refractivity contribution in [2.75, 3.05) is 4.90 Å². The summed E-state index contributed by atoms with van der Waals surface area (Å²) in [4.78, 5) is 6.19. The van der Waals surface area contributed by atoms with E-state index in [1.807, 2.05) is 41.3 Å². The SMILES string of the molecule is [B]c1sc2c([B])c([B])c(-c3c([B])c([B])c([B])c([B])c3[B])c([B])c2c1N(c1ccc(C(C)(C)C)cc1)c1cc(S(c2ccccc2)(c2ccccc2)c2ccccc2)cc(Cl)c1Cl. The largest absolute Gasteiger partial charge is 0.308 e. The summed E-state index contributed by atoms with van der Waals surface area (Å²) in [6, 6.07) is 43.7. The van der Waals surface area contributed by atoms with Crippen molar-refractivity contribution in [1.82, 2.24) is 0 Å². The molecule has 62 heavy (non-hydrogen) atoms. The van der Waals surface area contributed by atoms with Gasteiger partial charge in [-0.25, -0.2) is 0 Å². The summed E-state index contributed by atoms with van der Waals surface area (Å²) in [5, 5.41) is 1.10. The van der Waals surface area contributed by atoms with Gasteiger partial charge in [-0.15, -0.1) is 26.4 Å². The molecule has 8 aromatic rings. The van der Waals surface area contributed by atoms with Crippen molar-refractivity contribution in [1.29, 1.82) is 0 Å². The lowest BCUT2D eigenvalue weighted by Gasteiger charge is -2.43. The van der Waals surface area contributed by atoms with E-state index in [9.17, 15) is 0 Å². The Morgan fingerprint density at radius 3 is 1.40 bits per heavy atom. The fraction of sp³-hybridized carbons (Fsp3) is 0.0833. The zero-order valence-electron chi connectivity index (χ0n) is 34.3. The normalized spacial score (nSPS) is 12.1. The number of benzene rings is 7. The standard InChI is InChI=1S/C48H30B9Cl2NS2/c1-48(2,3)25-19-21-26(22-20-25)60(45-35-36(49)33(39(52)43(56)46(35)61-47(45)57)34-37(50)40(53)42(55)41(54)38(34)51)32-24-30(23-31(58)44(32)59)62(27-13-7-4-8-14-27,28-15-9-5-10-16-28)29-17-11-6-12-18-29/h4-24H,1-3H3. The first kappa shape index (κ1) is 44.4. The van der Waals surface area contributed by atoms with E-state index in [2.05, 4.69) is 112 Å². The van der Waals surface area contributed by atoms with E-state index >= 15 is 0 Å². The highest BCUT2D eigenvalue weighted by Crippen LogP contribution is 2.74. The predicted octanol–water partition coefficient (Wildman–Crippen LogP) is 5.13. The summed E-state index contributed by atoms with van der Waals surface area (Å²) < 4.78 is 0.912. The molecule has 0 unspecified atom stereocenters. The molecule has 0 saturated carbocycles. The van der Waals surface area contributed by atoms with E-state index in [1.165, 1.54) is 11.3 Å². The fourth-order valence-corrected chi connectivity index (χ4v) is 13.5. The molecule has 18 radical (unpaired) electrons. The lowest BCUT2D eigenvalue weighted by atomic mass is 9.57. The van der Waals surface area contributed by atoms with Gasteiger partial charge in [-0.05, 0) is 87.5 Å². The summed E-state index contributed by atoms with van der Waals surface area (Å²) in [5.74, 6) is 0. The molecule has 0 spiro atoms. The average Bonchev–Trinajstić information content (AvgIpc) is 3.62. The summed E-state index contributed by atoms with van der Waals surface area (Å²) in [7, 11) is 58.2. The van der Waals surface area contributed by atoms with Gasteiger partial charge >= 0.3 is 0 Å². The van der Waals surface area contributed by atoms with Crippen LogP contribution in [-0.4, -0.2) is 70.6 Å². The Balaban J connectivity index is 1.52. The van der Waals surface area contributed by atoms with Crippen molar-refractivity contribution in [3.63, 3.8) is 0 Å². The van der Waals surface area contributed by atoms with Crippen LogP contribution < -0.4 is 53.4 Å². The molecule has 0 aliphatic heterocycles. The van der Waals surface area contributed by atoms with Gasteiger partial charge in [0.15, 0.2) is 0 Å². The molecular formula is C48H30B9Cl2NS2. The third-order valence-electron chi connectivity index (χ3n) is 11.3. The van der Waals surface area contributed by atoms with Crippen molar-refractivity contribution in [3.8, 4) is 11.1 Å². The van der Waals surface area contributed by atoms with Crippen molar-refractivity contribution < 1.29 is 0 Å². The highest BCUT2D eigenvalue weighted by atomic mass is 35.5. The molecule has 7 aromatic carbocycles. The molecule has 0 aliphatic carbocycles. The molecule has 1 nitrogen and oxygen atoms in total. The molecule has 0 aliphatic rings. The number of fused-ring (bicyclic) bond motifs is 1. The zero-order chi connectivity index (χ0) is 44.4. The number of hydrogen-bond acceptors (Lipinski definition) is 2. The molecule has 0 amide bonds. The van der Waals surface area contributed by atoms with Crippen LogP contribution in [0.4, 0.5) is 17.1 Å². The molecule has 0 fully saturated rings. The van der Waals surface area contributed by atoms with Crippen LogP contribution in [0.3, 0.4) is 0 Å². The molecule has 8 rings (SSSR count). The molecule has 0 bridgehead atoms. The van der Waals surface area contributed by atoms with Crippen molar-refractivity contribution in [2.24, 2.45) is 0 Å². The minimum Gasteiger partial charge on any atom is -0.308 e. The van der Waals surface area contributed by atoms with Gasteiger partial charge in [-0.3, -0.25) is 0 Å². The van der Waals surface area contributed by atoms with Crippen molar-refractivity contribution in [3.05, 3.63) is 143 Å². The van der Waals surface area contributed by atoms with Crippen LogP contribution in [0.5, 0.6) is 0 Å². The summed E-state index contributed by atoms with van der Waals surface area (Å²) in [6.07, 6.45) is 0. The predicted molar refractivity (Wildman–Crippen MR) is 279 cm³/mol. The van der Waals surface area contributed by atoms with Crippen molar-refractivity contribution >= 4 is 191 Å². The Bertz CT molecular complexity index is 2890. The van der Waals surface area contributed by atoms with Crippen LogP contribution in [0.25, 0.3) is 21.2 Å². The quantitative estimate of drug-likeness (QED) is 0.192. The zero-order valence-corrected chi connectivity index (χ0v) is 37.5. The van der Waals surface area contributed by atoms with Gasteiger partial charge in [-0.2, -0.15) is 11.3 Å². The second-order valence-electron chi connectivity index (χ2n) is 16.0. The maximum Gasteiger partial charge on any atom is 0.131 e. The average molecular weight is 853 g/mol. The Hall–Kier alpha value is -4.19. The Morgan fingerprint density at radius 2 is 0.935 bits per heavy atom.